The molecule has 136 valence electrons. The second-order valence-corrected chi connectivity index (χ2v) is 7.78. The Labute approximate surface area is 166 Å². The van der Waals surface area contributed by atoms with Crippen LogP contribution >= 0.6 is 27.3 Å². The molecular weight excluding hydrogens is 412 g/mol. The van der Waals surface area contributed by atoms with Crippen LogP contribution in [0.3, 0.4) is 0 Å². The van der Waals surface area contributed by atoms with E-state index in [4.69, 9.17) is 9.47 Å². The fourth-order valence-electron chi connectivity index (χ4n) is 2.63. The van der Waals surface area contributed by atoms with E-state index in [1.54, 1.807) is 25.6 Å². The van der Waals surface area contributed by atoms with Crippen LogP contribution in [0.5, 0.6) is 11.5 Å². The molecule has 26 heavy (non-hydrogen) atoms. The lowest BCUT2D eigenvalue weighted by Crippen LogP contribution is -2.16. The smallest absolute Gasteiger partial charge is 0.160 e. The van der Waals surface area contributed by atoms with Crippen LogP contribution in [-0.4, -0.2) is 25.7 Å². The summed E-state index contributed by atoms with van der Waals surface area (Å²) in [5.74, 6) is 1.52. The number of nitrogens with zero attached hydrogens (tertiary/aromatic N) is 1. The Kier molecular flexibility index (Phi) is 6.66. The van der Waals surface area contributed by atoms with E-state index < -0.39 is 0 Å². The number of halogens is 1. The SMILES string of the molecule is COc1ccc(CCNCc2ncc(-c3cccc(Br)c3)s2)cc1OC. The van der Waals surface area contributed by atoms with Crippen molar-refractivity contribution >= 4 is 27.3 Å². The van der Waals surface area contributed by atoms with Crippen molar-refractivity contribution in [2.24, 2.45) is 0 Å². The zero-order chi connectivity index (χ0) is 18.4. The molecule has 0 amide bonds. The fourth-order valence-corrected chi connectivity index (χ4v) is 3.91. The molecule has 3 rings (SSSR count). The van der Waals surface area contributed by atoms with Crippen molar-refractivity contribution in [1.29, 1.82) is 0 Å². The van der Waals surface area contributed by atoms with Crippen molar-refractivity contribution in [2.75, 3.05) is 20.8 Å². The summed E-state index contributed by atoms with van der Waals surface area (Å²) < 4.78 is 11.7. The minimum atomic E-state index is 0.757. The third-order valence-electron chi connectivity index (χ3n) is 3.98. The van der Waals surface area contributed by atoms with Gasteiger partial charge in [0.2, 0.25) is 0 Å². The Morgan fingerprint density at radius 2 is 1.92 bits per heavy atom. The highest BCUT2D eigenvalue weighted by molar-refractivity contribution is 9.10. The van der Waals surface area contributed by atoms with Gasteiger partial charge in [-0.15, -0.1) is 11.3 Å². The number of hydrogen-bond acceptors (Lipinski definition) is 5. The normalized spacial score (nSPS) is 10.7. The van der Waals surface area contributed by atoms with Gasteiger partial charge in [-0.05, 0) is 48.4 Å². The molecule has 1 N–H and O–H groups in total. The van der Waals surface area contributed by atoms with Crippen LogP contribution in [0, 0.1) is 0 Å². The Morgan fingerprint density at radius 1 is 1.08 bits per heavy atom. The molecule has 0 aliphatic heterocycles. The molecule has 0 spiro atoms. The molecule has 1 heterocycles. The van der Waals surface area contributed by atoms with E-state index in [1.165, 1.54) is 16.0 Å². The first kappa shape index (κ1) is 18.9. The zero-order valence-corrected chi connectivity index (χ0v) is 17.2. The molecule has 0 radical (unpaired) electrons. The lowest BCUT2D eigenvalue weighted by molar-refractivity contribution is 0.354. The van der Waals surface area contributed by atoms with Gasteiger partial charge in [0.05, 0.1) is 19.1 Å². The van der Waals surface area contributed by atoms with E-state index >= 15 is 0 Å². The largest absolute Gasteiger partial charge is 0.493 e. The summed E-state index contributed by atoms with van der Waals surface area (Å²) in [5, 5.41) is 4.55. The number of hydrogen-bond donors (Lipinski definition) is 1. The van der Waals surface area contributed by atoms with Crippen molar-refractivity contribution in [3.63, 3.8) is 0 Å². The summed E-state index contributed by atoms with van der Waals surface area (Å²) in [6.07, 6.45) is 2.86. The minimum absolute atomic E-state index is 0.757. The van der Waals surface area contributed by atoms with Gasteiger partial charge in [-0.1, -0.05) is 34.1 Å². The number of aromatic nitrogens is 1. The summed E-state index contributed by atoms with van der Waals surface area (Å²) in [6, 6.07) is 14.3. The quantitative estimate of drug-likeness (QED) is 0.512. The fraction of sp³-hybridized carbons (Fsp3) is 0.250. The number of benzene rings is 2. The first-order valence-corrected chi connectivity index (χ1v) is 9.93. The van der Waals surface area contributed by atoms with Gasteiger partial charge in [0, 0.05) is 17.2 Å². The number of rotatable bonds is 8. The standard InChI is InChI=1S/C20H21BrN2O2S/c1-24-17-7-6-14(10-18(17)25-2)8-9-22-13-20-23-12-19(26-20)15-4-3-5-16(21)11-15/h3-7,10-12,22H,8-9,13H2,1-2H3. The second-order valence-electron chi connectivity index (χ2n) is 5.74. The van der Waals surface area contributed by atoms with E-state index in [0.29, 0.717) is 0 Å². The lowest BCUT2D eigenvalue weighted by Gasteiger charge is -2.09. The molecule has 0 atom stereocenters. The molecule has 0 aliphatic rings. The Hall–Kier alpha value is -1.89. The molecule has 0 unspecified atom stereocenters. The monoisotopic (exact) mass is 432 g/mol. The molecule has 3 aromatic rings. The lowest BCUT2D eigenvalue weighted by atomic mass is 10.1. The van der Waals surface area contributed by atoms with Gasteiger partial charge in [0.1, 0.15) is 5.01 Å². The average molecular weight is 433 g/mol. The average Bonchev–Trinajstić information content (AvgIpc) is 3.14. The van der Waals surface area contributed by atoms with Gasteiger partial charge in [-0.2, -0.15) is 0 Å². The molecule has 0 fully saturated rings. The van der Waals surface area contributed by atoms with Crippen LogP contribution < -0.4 is 14.8 Å². The first-order chi connectivity index (χ1) is 12.7. The molecule has 0 saturated heterocycles. The zero-order valence-electron chi connectivity index (χ0n) is 14.8. The summed E-state index contributed by atoms with van der Waals surface area (Å²) >= 11 is 5.23. The third-order valence-corrected chi connectivity index (χ3v) is 5.52. The topological polar surface area (TPSA) is 43.4 Å². The number of ether oxygens (including phenoxy) is 2. The van der Waals surface area contributed by atoms with Crippen molar-refractivity contribution in [3.05, 3.63) is 63.7 Å². The van der Waals surface area contributed by atoms with E-state index in [9.17, 15) is 0 Å². The Bertz CT molecular complexity index is 867. The molecule has 0 saturated carbocycles. The molecule has 4 nitrogen and oxygen atoms in total. The first-order valence-electron chi connectivity index (χ1n) is 8.32. The van der Waals surface area contributed by atoms with Crippen LogP contribution in [0.2, 0.25) is 0 Å². The highest BCUT2D eigenvalue weighted by Gasteiger charge is 2.06. The predicted octanol–water partition coefficient (Wildman–Crippen LogP) is 4.92. The minimum Gasteiger partial charge on any atom is -0.493 e. The number of nitrogens with one attached hydrogen (secondary N) is 1. The second kappa shape index (κ2) is 9.16. The van der Waals surface area contributed by atoms with E-state index in [-0.39, 0.29) is 0 Å². The van der Waals surface area contributed by atoms with Crippen molar-refractivity contribution < 1.29 is 9.47 Å². The van der Waals surface area contributed by atoms with E-state index in [2.05, 4.69) is 44.4 Å². The maximum atomic E-state index is 5.35. The van der Waals surface area contributed by atoms with Crippen LogP contribution in [0.1, 0.15) is 10.6 Å². The van der Waals surface area contributed by atoms with Gasteiger partial charge in [-0.3, -0.25) is 0 Å². The Balaban J connectivity index is 1.51. The van der Waals surface area contributed by atoms with Crippen LogP contribution in [0.4, 0.5) is 0 Å². The van der Waals surface area contributed by atoms with E-state index in [0.717, 1.165) is 40.5 Å². The van der Waals surface area contributed by atoms with E-state index in [1.807, 2.05) is 30.5 Å². The molecule has 0 bridgehead atoms. The maximum absolute atomic E-state index is 5.35. The van der Waals surface area contributed by atoms with Gasteiger partial charge in [-0.25, -0.2) is 4.98 Å². The molecule has 6 heteroatoms. The maximum Gasteiger partial charge on any atom is 0.160 e. The highest BCUT2D eigenvalue weighted by Crippen LogP contribution is 2.29. The number of thiazole rings is 1. The molecule has 1 aromatic heterocycles. The summed E-state index contributed by atoms with van der Waals surface area (Å²) in [6.45, 7) is 1.65. The van der Waals surface area contributed by atoms with Crippen molar-refractivity contribution in [1.82, 2.24) is 10.3 Å². The summed E-state index contributed by atoms with van der Waals surface area (Å²) in [7, 11) is 3.31. The summed E-state index contributed by atoms with van der Waals surface area (Å²) in [5.41, 5.74) is 2.40. The predicted molar refractivity (Wildman–Crippen MR) is 110 cm³/mol. The van der Waals surface area contributed by atoms with Crippen LogP contribution in [0.25, 0.3) is 10.4 Å². The molecule has 0 aliphatic carbocycles. The number of methoxy groups -OCH3 is 2. The Morgan fingerprint density at radius 3 is 2.69 bits per heavy atom. The molecular formula is C20H21BrN2O2S. The van der Waals surface area contributed by atoms with Crippen LogP contribution in [0.15, 0.2) is 53.1 Å². The van der Waals surface area contributed by atoms with Crippen molar-refractivity contribution in [2.45, 2.75) is 13.0 Å². The van der Waals surface area contributed by atoms with Gasteiger partial charge in [0.15, 0.2) is 11.5 Å². The summed E-state index contributed by atoms with van der Waals surface area (Å²) in [4.78, 5) is 5.70. The van der Waals surface area contributed by atoms with Gasteiger partial charge < -0.3 is 14.8 Å². The van der Waals surface area contributed by atoms with Crippen LogP contribution in [-0.2, 0) is 13.0 Å². The van der Waals surface area contributed by atoms with Gasteiger partial charge in [0.25, 0.3) is 0 Å². The molecule has 2 aromatic carbocycles. The highest BCUT2D eigenvalue weighted by atomic mass is 79.9. The third kappa shape index (κ3) is 4.84. The van der Waals surface area contributed by atoms with Gasteiger partial charge >= 0.3 is 0 Å². The van der Waals surface area contributed by atoms with Crippen molar-refractivity contribution in [3.8, 4) is 21.9 Å².